The molecule has 0 saturated heterocycles. The van der Waals surface area contributed by atoms with E-state index in [1.165, 1.54) is 20.3 Å². The van der Waals surface area contributed by atoms with Crippen LogP contribution in [0.25, 0.3) is 0 Å². The van der Waals surface area contributed by atoms with E-state index >= 15 is 0 Å². The van der Waals surface area contributed by atoms with Crippen molar-refractivity contribution in [2.45, 2.75) is 31.8 Å². The Balaban J connectivity index is 2.31. The molecule has 1 fully saturated rings. The van der Waals surface area contributed by atoms with E-state index in [0.717, 1.165) is 0 Å². The molecule has 0 aromatic rings. The number of rotatable bonds is 4. The highest BCUT2D eigenvalue weighted by atomic mass is 16.7. The summed E-state index contributed by atoms with van der Waals surface area (Å²) in [5.41, 5.74) is 5.51. The van der Waals surface area contributed by atoms with Gasteiger partial charge in [-0.15, -0.1) is 0 Å². The summed E-state index contributed by atoms with van der Waals surface area (Å²) in [5.74, 6) is -0.238. The van der Waals surface area contributed by atoms with Crippen LogP contribution >= 0.6 is 0 Å². The molecule has 3 N–H and O–H groups in total. The Morgan fingerprint density at radius 3 is 2.67 bits per heavy atom. The van der Waals surface area contributed by atoms with Gasteiger partial charge in [0, 0.05) is 37.7 Å². The SMILES string of the molecule is COC(OC)[C@]1(C)CC2C=CC([N+](=O)[O-])=CC2[C@H](N)[C@@H]1O. The number of hydrogen-bond donors (Lipinski definition) is 2. The number of allylic oxidation sites excluding steroid dienone is 2. The molecule has 7 nitrogen and oxygen atoms in total. The monoisotopic (exact) mass is 298 g/mol. The maximum atomic E-state index is 10.9. The molecule has 2 aliphatic carbocycles. The number of aliphatic hydroxyl groups excluding tert-OH is 1. The van der Waals surface area contributed by atoms with Crippen molar-refractivity contribution in [3.63, 3.8) is 0 Å². The molecule has 0 heterocycles. The summed E-state index contributed by atoms with van der Waals surface area (Å²) in [6, 6.07) is -0.610. The molecule has 0 spiro atoms. The Kier molecular flexibility index (Phi) is 4.48. The molecule has 21 heavy (non-hydrogen) atoms. The van der Waals surface area contributed by atoms with Gasteiger partial charge in [0.1, 0.15) is 0 Å². The van der Waals surface area contributed by atoms with Gasteiger partial charge >= 0.3 is 0 Å². The molecule has 0 amide bonds. The largest absolute Gasteiger partial charge is 0.391 e. The molecule has 5 atom stereocenters. The highest BCUT2D eigenvalue weighted by Crippen LogP contribution is 2.47. The van der Waals surface area contributed by atoms with Gasteiger partial charge in [-0.1, -0.05) is 13.0 Å². The van der Waals surface area contributed by atoms with Crippen LogP contribution in [0.1, 0.15) is 13.3 Å². The zero-order valence-corrected chi connectivity index (χ0v) is 12.4. The molecule has 2 aliphatic rings. The number of aliphatic hydroxyl groups is 1. The molecule has 0 radical (unpaired) electrons. The zero-order chi connectivity index (χ0) is 15.8. The minimum absolute atomic E-state index is 0.0184. The minimum atomic E-state index is -0.876. The van der Waals surface area contributed by atoms with Crippen LogP contribution in [-0.4, -0.2) is 42.7 Å². The summed E-state index contributed by atoms with van der Waals surface area (Å²) in [5, 5.41) is 21.5. The highest BCUT2D eigenvalue weighted by Gasteiger charge is 2.53. The fraction of sp³-hybridized carbons (Fsp3) is 0.714. The van der Waals surface area contributed by atoms with Crippen molar-refractivity contribution in [1.29, 1.82) is 0 Å². The quantitative estimate of drug-likeness (QED) is 0.448. The van der Waals surface area contributed by atoms with Crippen LogP contribution in [0.2, 0.25) is 0 Å². The summed E-state index contributed by atoms with van der Waals surface area (Å²) in [6.45, 7) is 1.87. The predicted octanol–water partition coefficient (Wildman–Crippen LogP) is 0.666. The van der Waals surface area contributed by atoms with Crippen molar-refractivity contribution in [2.75, 3.05) is 14.2 Å². The van der Waals surface area contributed by atoms with E-state index in [2.05, 4.69) is 0 Å². The van der Waals surface area contributed by atoms with Crippen molar-refractivity contribution in [3.8, 4) is 0 Å². The van der Waals surface area contributed by atoms with Gasteiger partial charge in [-0.25, -0.2) is 0 Å². The Bertz CT molecular complexity index is 474. The molecule has 0 aromatic carbocycles. The van der Waals surface area contributed by atoms with Crippen LogP contribution in [-0.2, 0) is 9.47 Å². The molecule has 0 aliphatic heterocycles. The molecule has 2 rings (SSSR count). The van der Waals surface area contributed by atoms with Crippen molar-refractivity contribution in [3.05, 3.63) is 34.0 Å². The summed E-state index contributed by atoms with van der Waals surface area (Å²) >= 11 is 0. The lowest BCUT2D eigenvalue weighted by Gasteiger charge is -2.50. The van der Waals surface area contributed by atoms with Crippen LogP contribution in [0.3, 0.4) is 0 Å². The second-order valence-corrected chi connectivity index (χ2v) is 5.98. The second-order valence-electron chi connectivity index (χ2n) is 5.98. The van der Waals surface area contributed by atoms with E-state index in [1.807, 2.05) is 6.92 Å². The predicted molar refractivity (Wildman–Crippen MR) is 75.7 cm³/mol. The third-order valence-electron chi connectivity index (χ3n) is 4.71. The average molecular weight is 298 g/mol. The van der Waals surface area contributed by atoms with Crippen molar-refractivity contribution >= 4 is 0 Å². The maximum absolute atomic E-state index is 10.9. The van der Waals surface area contributed by atoms with E-state index in [1.54, 1.807) is 12.2 Å². The van der Waals surface area contributed by atoms with Crippen LogP contribution in [0.15, 0.2) is 23.9 Å². The van der Waals surface area contributed by atoms with Crippen LogP contribution < -0.4 is 5.73 Å². The Morgan fingerprint density at radius 2 is 2.14 bits per heavy atom. The smallest absolute Gasteiger partial charge is 0.265 e. The Morgan fingerprint density at radius 1 is 1.52 bits per heavy atom. The number of nitrogens with two attached hydrogens (primary N) is 1. The third kappa shape index (κ3) is 2.62. The molecule has 7 heteroatoms. The topological polar surface area (TPSA) is 108 Å². The summed E-state index contributed by atoms with van der Waals surface area (Å²) < 4.78 is 10.6. The average Bonchev–Trinajstić information content (AvgIpc) is 2.45. The maximum Gasteiger partial charge on any atom is 0.265 e. The van der Waals surface area contributed by atoms with Gasteiger partial charge in [0.05, 0.1) is 11.0 Å². The van der Waals surface area contributed by atoms with E-state index < -0.39 is 28.8 Å². The first kappa shape index (κ1) is 16.1. The third-order valence-corrected chi connectivity index (χ3v) is 4.71. The number of methoxy groups -OCH3 is 2. The standard InChI is InChI=1S/C14H22N2O5/c1-14(13(20-2)21-3)7-8-4-5-9(16(18)19)6-10(8)11(15)12(14)17/h4-6,8,10-13,17H,7,15H2,1-3H3/t8?,10?,11-,12-,14+/m0/s1. The first-order chi connectivity index (χ1) is 9.85. The van der Waals surface area contributed by atoms with Crippen LogP contribution in [0.5, 0.6) is 0 Å². The van der Waals surface area contributed by atoms with Gasteiger partial charge in [-0.3, -0.25) is 10.1 Å². The minimum Gasteiger partial charge on any atom is -0.391 e. The van der Waals surface area contributed by atoms with Crippen molar-refractivity contribution in [2.24, 2.45) is 23.0 Å². The lowest BCUT2D eigenvalue weighted by Crippen LogP contribution is -2.61. The first-order valence-electron chi connectivity index (χ1n) is 6.88. The molecule has 0 aromatic heterocycles. The number of fused-ring (bicyclic) bond motifs is 1. The van der Waals surface area contributed by atoms with Gasteiger partial charge < -0.3 is 20.3 Å². The molecule has 2 unspecified atom stereocenters. The van der Waals surface area contributed by atoms with Gasteiger partial charge in [0.15, 0.2) is 6.29 Å². The molecular weight excluding hydrogens is 276 g/mol. The van der Waals surface area contributed by atoms with Gasteiger partial charge in [-0.05, 0) is 18.4 Å². The second kappa shape index (κ2) is 5.84. The normalized spacial score (nSPS) is 39.0. The van der Waals surface area contributed by atoms with E-state index in [-0.39, 0.29) is 17.5 Å². The first-order valence-corrected chi connectivity index (χ1v) is 6.88. The highest BCUT2D eigenvalue weighted by molar-refractivity contribution is 5.24. The van der Waals surface area contributed by atoms with E-state index in [4.69, 9.17) is 15.2 Å². The number of nitro groups is 1. The molecule has 1 saturated carbocycles. The van der Waals surface area contributed by atoms with Crippen molar-refractivity contribution < 1.29 is 19.5 Å². The van der Waals surface area contributed by atoms with E-state index in [9.17, 15) is 15.2 Å². The van der Waals surface area contributed by atoms with Gasteiger partial charge in [0.25, 0.3) is 5.70 Å². The molecule has 0 bridgehead atoms. The number of hydrogen-bond acceptors (Lipinski definition) is 6. The summed E-state index contributed by atoms with van der Waals surface area (Å²) in [4.78, 5) is 10.5. The van der Waals surface area contributed by atoms with Crippen molar-refractivity contribution in [1.82, 2.24) is 0 Å². The fourth-order valence-corrected chi connectivity index (χ4v) is 3.60. The lowest BCUT2D eigenvalue weighted by atomic mass is 9.60. The lowest BCUT2D eigenvalue weighted by molar-refractivity contribution is -0.420. The molecule has 118 valence electrons. The fourth-order valence-electron chi connectivity index (χ4n) is 3.60. The Hall–Kier alpha value is -1.28. The summed E-state index contributed by atoms with van der Waals surface area (Å²) in [7, 11) is 3.04. The number of ether oxygens (including phenoxy) is 2. The zero-order valence-electron chi connectivity index (χ0n) is 12.4. The Labute approximate surface area is 123 Å². The van der Waals surface area contributed by atoms with Gasteiger partial charge in [-0.2, -0.15) is 0 Å². The van der Waals surface area contributed by atoms with Crippen LogP contribution in [0.4, 0.5) is 0 Å². The van der Waals surface area contributed by atoms with E-state index in [0.29, 0.717) is 6.42 Å². The van der Waals surface area contributed by atoms with Crippen LogP contribution in [0, 0.1) is 27.4 Å². The van der Waals surface area contributed by atoms with Gasteiger partial charge in [0.2, 0.25) is 0 Å². The molecular formula is C14H22N2O5. The summed E-state index contributed by atoms with van der Waals surface area (Å²) in [6.07, 6.45) is 3.97. The number of nitrogens with zero attached hydrogens (tertiary/aromatic N) is 1.